The van der Waals surface area contributed by atoms with Crippen LogP contribution >= 0.6 is 0 Å². The van der Waals surface area contributed by atoms with Gasteiger partial charge in [-0.3, -0.25) is 0 Å². The van der Waals surface area contributed by atoms with Crippen LogP contribution in [0.4, 0.5) is 0 Å². The monoisotopic (exact) mass is 338 g/mol. The molecule has 0 spiro atoms. The van der Waals surface area contributed by atoms with E-state index in [9.17, 15) is 8.42 Å². The lowest BCUT2D eigenvalue weighted by molar-refractivity contribution is 0.138. The highest BCUT2D eigenvalue weighted by atomic mass is 32.2. The Kier molecular flexibility index (Phi) is 3.78. The van der Waals surface area contributed by atoms with Gasteiger partial charge in [0, 0.05) is 25.6 Å². The first kappa shape index (κ1) is 16.7. The van der Waals surface area contributed by atoms with Gasteiger partial charge in [-0.25, -0.2) is 8.42 Å². The predicted octanol–water partition coefficient (Wildman–Crippen LogP) is 2.15. The third kappa shape index (κ3) is 2.99. The number of benzene rings is 1. The van der Waals surface area contributed by atoms with Crippen molar-refractivity contribution in [2.75, 3.05) is 13.1 Å². The van der Waals surface area contributed by atoms with Gasteiger partial charge in [-0.2, -0.15) is 4.31 Å². The van der Waals surface area contributed by atoms with E-state index < -0.39 is 10.0 Å². The van der Waals surface area contributed by atoms with Gasteiger partial charge in [0.15, 0.2) is 0 Å². The molecule has 2 aliphatic heterocycles. The van der Waals surface area contributed by atoms with Crippen molar-refractivity contribution >= 4 is 10.0 Å². The molecule has 0 radical (unpaired) electrons. The number of nitrogens with zero attached hydrogens (tertiary/aromatic N) is 1. The number of nitrogens with two attached hydrogens (primary N) is 1. The van der Waals surface area contributed by atoms with Crippen LogP contribution in [0.5, 0.6) is 5.75 Å². The van der Waals surface area contributed by atoms with E-state index in [-0.39, 0.29) is 17.1 Å². The maximum atomic E-state index is 13.0. The van der Waals surface area contributed by atoms with Gasteiger partial charge in [0.1, 0.15) is 11.4 Å². The van der Waals surface area contributed by atoms with Gasteiger partial charge in [-0.05, 0) is 49.4 Å². The Hall–Kier alpha value is -1.11. The molecule has 128 valence electrons. The lowest BCUT2D eigenvalue weighted by Crippen LogP contribution is -2.53. The van der Waals surface area contributed by atoms with Gasteiger partial charge >= 0.3 is 0 Å². The minimum atomic E-state index is -3.49. The quantitative estimate of drug-likeness (QED) is 0.897. The number of piperidine rings is 1. The fourth-order valence-corrected chi connectivity index (χ4v) is 5.10. The minimum absolute atomic E-state index is 0.0307. The van der Waals surface area contributed by atoms with E-state index in [0.29, 0.717) is 24.4 Å². The van der Waals surface area contributed by atoms with Gasteiger partial charge < -0.3 is 10.5 Å². The summed E-state index contributed by atoms with van der Waals surface area (Å²) in [6.45, 7) is 9.00. The van der Waals surface area contributed by atoms with E-state index in [4.69, 9.17) is 10.5 Å². The molecule has 0 amide bonds. The molecule has 3 rings (SSSR count). The zero-order valence-corrected chi connectivity index (χ0v) is 15.1. The number of hydrogen-bond donors (Lipinski definition) is 1. The molecular formula is C17H26N2O3S. The van der Waals surface area contributed by atoms with Crippen molar-refractivity contribution in [2.45, 2.75) is 57.1 Å². The first-order valence-electron chi connectivity index (χ1n) is 8.09. The molecular weight excluding hydrogens is 312 g/mol. The summed E-state index contributed by atoms with van der Waals surface area (Å²) in [7, 11) is -3.49. The molecule has 2 aliphatic rings. The Balaban J connectivity index is 1.90. The first-order chi connectivity index (χ1) is 10.5. The van der Waals surface area contributed by atoms with E-state index in [2.05, 4.69) is 0 Å². The van der Waals surface area contributed by atoms with Crippen molar-refractivity contribution in [1.82, 2.24) is 4.31 Å². The fourth-order valence-electron chi connectivity index (χ4n) is 3.43. The first-order valence-corrected chi connectivity index (χ1v) is 9.53. The van der Waals surface area contributed by atoms with E-state index in [1.807, 2.05) is 27.7 Å². The van der Waals surface area contributed by atoms with Gasteiger partial charge in [-0.15, -0.1) is 0 Å². The number of rotatable bonds is 2. The van der Waals surface area contributed by atoms with E-state index in [0.717, 1.165) is 17.7 Å². The van der Waals surface area contributed by atoms with Crippen LogP contribution in [-0.2, 0) is 16.4 Å². The van der Waals surface area contributed by atoms with Crippen LogP contribution in [0.15, 0.2) is 23.1 Å². The van der Waals surface area contributed by atoms with Gasteiger partial charge in [-0.1, -0.05) is 13.8 Å². The highest BCUT2D eigenvalue weighted by Gasteiger charge is 2.39. The maximum Gasteiger partial charge on any atom is 0.243 e. The predicted molar refractivity (Wildman–Crippen MR) is 90.0 cm³/mol. The molecule has 1 aromatic rings. The molecule has 1 fully saturated rings. The zero-order valence-electron chi connectivity index (χ0n) is 14.3. The van der Waals surface area contributed by atoms with Gasteiger partial charge in [0.25, 0.3) is 0 Å². The Bertz CT molecular complexity index is 725. The standard InChI is InChI=1S/C17H26N2O3S/c1-16(2)11-19(8-7-15(16)18)23(20,21)13-5-6-14-12(9-13)10-17(3,4)22-14/h5-6,9,15H,7-8,10-11,18H2,1-4H3. The van der Waals surface area contributed by atoms with Crippen molar-refractivity contribution in [3.05, 3.63) is 23.8 Å². The minimum Gasteiger partial charge on any atom is -0.487 e. The Labute approximate surface area is 138 Å². The number of fused-ring (bicyclic) bond motifs is 1. The van der Waals surface area contributed by atoms with Gasteiger partial charge in [0.05, 0.1) is 4.90 Å². The molecule has 2 N–H and O–H groups in total. The maximum absolute atomic E-state index is 13.0. The Morgan fingerprint density at radius 3 is 2.61 bits per heavy atom. The molecule has 6 heteroatoms. The topological polar surface area (TPSA) is 72.6 Å². The fraction of sp³-hybridized carbons (Fsp3) is 0.647. The Morgan fingerprint density at radius 2 is 1.96 bits per heavy atom. The van der Waals surface area contributed by atoms with Crippen LogP contribution in [0.25, 0.3) is 0 Å². The van der Waals surface area contributed by atoms with Crippen molar-refractivity contribution in [3.8, 4) is 5.75 Å². The van der Waals surface area contributed by atoms with Crippen molar-refractivity contribution < 1.29 is 13.2 Å². The summed E-state index contributed by atoms with van der Waals surface area (Å²) in [6.07, 6.45) is 1.41. The normalized spacial score (nSPS) is 26.6. The molecule has 0 aromatic heterocycles. The Morgan fingerprint density at radius 1 is 1.26 bits per heavy atom. The zero-order chi connectivity index (χ0) is 17.0. The van der Waals surface area contributed by atoms with Gasteiger partial charge in [0.2, 0.25) is 10.0 Å². The molecule has 0 bridgehead atoms. The van der Waals surface area contributed by atoms with Crippen LogP contribution in [0.1, 0.15) is 39.7 Å². The summed E-state index contributed by atoms with van der Waals surface area (Å²) in [6, 6.07) is 5.22. The summed E-state index contributed by atoms with van der Waals surface area (Å²) < 4.78 is 33.4. The molecule has 1 aromatic carbocycles. The molecule has 0 saturated carbocycles. The summed E-state index contributed by atoms with van der Waals surface area (Å²) in [5.74, 6) is 0.787. The van der Waals surface area contributed by atoms with E-state index in [1.165, 1.54) is 0 Å². The average molecular weight is 338 g/mol. The summed E-state index contributed by atoms with van der Waals surface area (Å²) in [4.78, 5) is 0.351. The summed E-state index contributed by atoms with van der Waals surface area (Å²) >= 11 is 0. The lowest BCUT2D eigenvalue weighted by atomic mass is 9.81. The van der Waals surface area contributed by atoms with E-state index in [1.54, 1.807) is 22.5 Å². The molecule has 1 saturated heterocycles. The molecule has 0 aliphatic carbocycles. The van der Waals surface area contributed by atoms with Crippen LogP contribution in [0, 0.1) is 5.41 Å². The molecule has 5 nitrogen and oxygen atoms in total. The summed E-state index contributed by atoms with van der Waals surface area (Å²) in [5.41, 5.74) is 6.60. The van der Waals surface area contributed by atoms with Crippen LogP contribution in [0.2, 0.25) is 0 Å². The second-order valence-electron chi connectivity index (χ2n) is 8.03. The number of hydrogen-bond acceptors (Lipinski definition) is 4. The molecule has 23 heavy (non-hydrogen) atoms. The SMILES string of the molecule is CC1(C)Cc2cc(S(=O)(=O)N3CCC(N)C(C)(C)C3)ccc2O1. The smallest absolute Gasteiger partial charge is 0.243 e. The third-order valence-electron chi connectivity index (χ3n) is 4.95. The van der Waals surface area contributed by atoms with Crippen molar-refractivity contribution in [3.63, 3.8) is 0 Å². The summed E-state index contributed by atoms with van der Waals surface area (Å²) in [5, 5.41) is 0. The largest absolute Gasteiger partial charge is 0.487 e. The van der Waals surface area contributed by atoms with E-state index >= 15 is 0 Å². The second-order valence-corrected chi connectivity index (χ2v) is 9.97. The average Bonchev–Trinajstić information content (AvgIpc) is 2.74. The highest BCUT2D eigenvalue weighted by molar-refractivity contribution is 7.89. The van der Waals surface area contributed by atoms with Crippen LogP contribution < -0.4 is 10.5 Å². The lowest BCUT2D eigenvalue weighted by Gasteiger charge is -2.41. The second kappa shape index (κ2) is 5.19. The van der Waals surface area contributed by atoms with Crippen molar-refractivity contribution in [2.24, 2.45) is 11.1 Å². The van der Waals surface area contributed by atoms with Crippen molar-refractivity contribution in [1.29, 1.82) is 0 Å². The molecule has 1 atom stereocenters. The van der Waals surface area contributed by atoms with Crippen LogP contribution in [-0.4, -0.2) is 37.5 Å². The number of ether oxygens (including phenoxy) is 1. The number of sulfonamides is 1. The molecule has 1 unspecified atom stereocenters. The third-order valence-corrected chi connectivity index (χ3v) is 6.79. The van der Waals surface area contributed by atoms with Crippen LogP contribution in [0.3, 0.4) is 0 Å². The molecule has 2 heterocycles. The highest BCUT2D eigenvalue weighted by Crippen LogP contribution is 2.37.